The van der Waals surface area contributed by atoms with Gasteiger partial charge in [-0.1, -0.05) is 18.2 Å². The summed E-state index contributed by atoms with van der Waals surface area (Å²) in [4.78, 5) is 27.0. The Morgan fingerprint density at radius 3 is 2.77 bits per heavy atom. The molecule has 30 heavy (non-hydrogen) atoms. The molecule has 2 fully saturated rings. The van der Waals surface area contributed by atoms with Crippen LogP contribution in [0.5, 0.6) is 0 Å². The van der Waals surface area contributed by atoms with Gasteiger partial charge >= 0.3 is 5.97 Å². The maximum Gasteiger partial charge on any atom is 0.327 e. The number of aliphatic carboxylic acids is 1. The number of carboxylic acids is 1. The quantitative estimate of drug-likeness (QED) is 0.657. The van der Waals surface area contributed by atoms with Crippen LogP contribution in [-0.4, -0.2) is 55.1 Å². The Labute approximate surface area is 179 Å². The summed E-state index contributed by atoms with van der Waals surface area (Å²) in [5.41, 5.74) is 1.89. The fraction of sp³-hybridized carbons (Fsp3) is 0.429. The molecule has 2 heterocycles. The van der Waals surface area contributed by atoms with E-state index in [1.165, 1.54) is 12.3 Å². The van der Waals surface area contributed by atoms with Crippen LogP contribution in [0.3, 0.4) is 0 Å². The summed E-state index contributed by atoms with van der Waals surface area (Å²) in [6, 6.07) is 5.85. The summed E-state index contributed by atoms with van der Waals surface area (Å²) in [6.45, 7) is 0.775. The first-order valence-corrected chi connectivity index (χ1v) is 10.5. The minimum absolute atomic E-state index is 0.00618. The topological polar surface area (TPSA) is 88.3 Å². The highest BCUT2D eigenvalue weighted by atomic mass is 32.1. The third-order valence-electron chi connectivity index (χ3n) is 5.48. The lowest BCUT2D eigenvalue weighted by Gasteiger charge is -2.37. The van der Waals surface area contributed by atoms with Crippen molar-refractivity contribution < 1.29 is 19.1 Å². The fourth-order valence-electron chi connectivity index (χ4n) is 3.84. The van der Waals surface area contributed by atoms with E-state index in [0.29, 0.717) is 30.8 Å². The number of likely N-dealkylation sites (tertiary alicyclic amines) is 1. The molecule has 2 aliphatic rings. The van der Waals surface area contributed by atoms with Crippen LogP contribution in [-0.2, 0) is 16.1 Å². The van der Waals surface area contributed by atoms with Gasteiger partial charge in [-0.3, -0.25) is 14.5 Å². The number of carboxylic acid groups (broad SMARTS) is 1. The number of carbonyl (C=O) groups is 2. The fourth-order valence-corrected chi connectivity index (χ4v) is 4.11. The number of thiol groups is 1. The predicted octanol–water partition coefficient (Wildman–Crippen LogP) is 2.61. The van der Waals surface area contributed by atoms with Gasteiger partial charge in [-0.15, -0.1) is 0 Å². The number of hydrogen-bond acceptors (Lipinski definition) is 6. The number of piperidine rings is 1. The highest BCUT2D eigenvalue weighted by Gasteiger charge is 2.40. The molecule has 7 nitrogen and oxygen atoms in total. The monoisotopic (exact) mass is 430 g/mol. The first kappa shape index (κ1) is 20.7. The van der Waals surface area contributed by atoms with Crippen molar-refractivity contribution in [2.45, 2.75) is 37.1 Å². The number of nitrogens with zero attached hydrogens (tertiary/aromatic N) is 4. The van der Waals surface area contributed by atoms with Gasteiger partial charge in [0.25, 0.3) is 0 Å². The minimum Gasteiger partial charge on any atom is -0.480 e. The van der Waals surface area contributed by atoms with Gasteiger partial charge in [0, 0.05) is 29.8 Å². The van der Waals surface area contributed by atoms with Crippen LogP contribution in [0.25, 0.3) is 6.08 Å². The molecule has 1 saturated heterocycles. The van der Waals surface area contributed by atoms with E-state index >= 15 is 0 Å². The van der Waals surface area contributed by atoms with Crippen molar-refractivity contribution in [2.24, 2.45) is 5.92 Å². The lowest BCUT2D eigenvalue weighted by molar-refractivity contribution is -0.138. The molecule has 1 aromatic heterocycles. The van der Waals surface area contributed by atoms with Gasteiger partial charge in [0.15, 0.2) is 12.3 Å². The zero-order valence-electron chi connectivity index (χ0n) is 16.3. The van der Waals surface area contributed by atoms with Gasteiger partial charge in [-0.2, -0.15) is 27.6 Å². The maximum absolute atomic E-state index is 14.6. The SMILES string of the molecule is O=C(O)Cn1ncc(/C=C2/CN(C(C(=O)C3CC3)c3ccccc3F)CCC2S)n1. The second-order valence-electron chi connectivity index (χ2n) is 7.79. The third-order valence-corrected chi connectivity index (χ3v) is 6.07. The number of halogens is 1. The number of carbonyl (C=O) groups excluding carboxylic acids is 1. The van der Waals surface area contributed by atoms with Crippen LogP contribution in [0.1, 0.15) is 36.6 Å². The van der Waals surface area contributed by atoms with Crippen LogP contribution in [0.2, 0.25) is 0 Å². The van der Waals surface area contributed by atoms with Gasteiger partial charge in [0.05, 0.1) is 12.2 Å². The first-order chi connectivity index (χ1) is 14.4. The molecule has 1 saturated carbocycles. The Balaban J connectivity index is 1.60. The zero-order valence-corrected chi connectivity index (χ0v) is 17.2. The largest absolute Gasteiger partial charge is 0.480 e. The number of ketones is 1. The van der Waals surface area contributed by atoms with Crippen molar-refractivity contribution >= 4 is 30.5 Å². The van der Waals surface area contributed by atoms with Gasteiger partial charge in [0.2, 0.25) is 0 Å². The van der Waals surface area contributed by atoms with Gasteiger partial charge in [-0.05, 0) is 37.0 Å². The van der Waals surface area contributed by atoms with E-state index in [0.717, 1.165) is 23.2 Å². The Bertz CT molecular complexity index is 988. The molecule has 9 heteroatoms. The van der Waals surface area contributed by atoms with Crippen LogP contribution in [0, 0.1) is 11.7 Å². The molecule has 158 valence electrons. The normalized spacial score (nSPS) is 22.2. The average Bonchev–Trinajstić information content (AvgIpc) is 3.47. The average molecular weight is 431 g/mol. The molecule has 1 aliphatic carbocycles. The summed E-state index contributed by atoms with van der Waals surface area (Å²) in [5, 5.41) is 17.0. The van der Waals surface area contributed by atoms with E-state index < -0.39 is 12.0 Å². The lowest BCUT2D eigenvalue weighted by atomic mass is 9.93. The Kier molecular flexibility index (Phi) is 6.01. The molecule has 2 unspecified atom stereocenters. The maximum atomic E-state index is 14.6. The zero-order chi connectivity index (χ0) is 21.3. The van der Waals surface area contributed by atoms with E-state index in [-0.39, 0.29) is 29.3 Å². The summed E-state index contributed by atoms with van der Waals surface area (Å²) in [6.07, 6.45) is 5.76. The summed E-state index contributed by atoms with van der Waals surface area (Å²) in [5.74, 6) is -1.31. The molecular weight excluding hydrogens is 407 g/mol. The summed E-state index contributed by atoms with van der Waals surface area (Å²) >= 11 is 4.67. The van der Waals surface area contributed by atoms with Crippen molar-refractivity contribution in [3.63, 3.8) is 0 Å². The highest BCUT2D eigenvalue weighted by molar-refractivity contribution is 7.81. The molecule has 0 radical (unpaired) electrons. The van der Waals surface area contributed by atoms with Crippen molar-refractivity contribution in [1.29, 1.82) is 0 Å². The molecule has 1 aromatic carbocycles. The standard InChI is InChI=1S/C21H23FN4O3S/c22-17-4-2-1-3-16(17)20(21(29)13-5-6-13)25-8-7-18(30)14(11-25)9-15-10-23-26(24-15)12-19(27)28/h1-4,9-10,13,18,20,30H,5-8,11-12H2,(H,27,28)/b14-9-. The van der Waals surface area contributed by atoms with E-state index in [2.05, 4.69) is 22.8 Å². The second kappa shape index (κ2) is 8.69. The Morgan fingerprint density at radius 1 is 1.30 bits per heavy atom. The van der Waals surface area contributed by atoms with E-state index in [4.69, 9.17) is 5.11 Å². The minimum atomic E-state index is -1.02. The Morgan fingerprint density at radius 2 is 2.07 bits per heavy atom. The highest BCUT2D eigenvalue weighted by Crippen LogP contribution is 2.39. The first-order valence-electron chi connectivity index (χ1n) is 9.95. The summed E-state index contributed by atoms with van der Waals surface area (Å²) < 4.78 is 14.6. The van der Waals surface area contributed by atoms with Gasteiger partial charge in [-0.25, -0.2) is 4.39 Å². The number of benzene rings is 1. The molecule has 0 amide bonds. The Hall–Kier alpha value is -2.52. The number of rotatable bonds is 7. The summed E-state index contributed by atoms with van der Waals surface area (Å²) in [7, 11) is 0. The van der Waals surface area contributed by atoms with Gasteiger partial charge < -0.3 is 5.11 Å². The molecule has 0 spiro atoms. The predicted molar refractivity (Wildman–Crippen MR) is 111 cm³/mol. The number of hydrogen-bond donors (Lipinski definition) is 2. The molecule has 1 aliphatic heterocycles. The van der Waals surface area contributed by atoms with E-state index in [9.17, 15) is 14.0 Å². The van der Waals surface area contributed by atoms with Crippen molar-refractivity contribution in [3.8, 4) is 0 Å². The molecule has 1 N–H and O–H groups in total. The smallest absolute Gasteiger partial charge is 0.327 e. The second-order valence-corrected chi connectivity index (χ2v) is 8.41. The number of Topliss-reactive ketones (excluding diaryl/α,β-unsaturated/α-hetero) is 1. The molecule has 4 rings (SSSR count). The molecule has 2 aromatic rings. The van der Waals surface area contributed by atoms with Gasteiger partial charge in [0.1, 0.15) is 11.5 Å². The molecular formula is C21H23FN4O3S. The number of aromatic nitrogens is 3. The molecule has 2 atom stereocenters. The van der Waals surface area contributed by atoms with Crippen LogP contribution in [0.15, 0.2) is 36.0 Å². The van der Waals surface area contributed by atoms with Crippen molar-refractivity contribution in [1.82, 2.24) is 19.9 Å². The van der Waals surface area contributed by atoms with E-state index in [1.54, 1.807) is 18.2 Å². The van der Waals surface area contributed by atoms with E-state index in [1.807, 2.05) is 11.0 Å². The van der Waals surface area contributed by atoms with Crippen LogP contribution < -0.4 is 0 Å². The molecule has 0 bridgehead atoms. The lowest BCUT2D eigenvalue weighted by Crippen LogP contribution is -2.42. The van der Waals surface area contributed by atoms with Crippen LogP contribution >= 0.6 is 12.6 Å². The van der Waals surface area contributed by atoms with Crippen molar-refractivity contribution in [2.75, 3.05) is 13.1 Å². The van der Waals surface area contributed by atoms with Crippen molar-refractivity contribution in [3.05, 3.63) is 53.1 Å². The van der Waals surface area contributed by atoms with Crippen LogP contribution in [0.4, 0.5) is 4.39 Å². The third kappa shape index (κ3) is 4.62.